The minimum atomic E-state index is -0.395. The van der Waals surface area contributed by atoms with E-state index in [4.69, 9.17) is 5.73 Å². The van der Waals surface area contributed by atoms with Crippen LogP contribution in [0.1, 0.15) is 45.1 Å². The maximum absolute atomic E-state index is 13.6. The van der Waals surface area contributed by atoms with Crippen molar-refractivity contribution >= 4 is 0 Å². The molecule has 0 aromatic heterocycles. The molecule has 2 rings (SSSR count). The maximum atomic E-state index is 13.6. The van der Waals surface area contributed by atoms with Crippen molar-refractivity contribution in [3.8, 4) is 0 Å². The lowest BCUT2D eigenvalue weighted by Crippen LogP contribution is -2.36. The number of hydrogen-bond acceptors (Lipinski definition) is 1. The SMILES string of the molecule is CC1(C)CCC(C(N)Cc2cc(F)ccc2F)CC1. The van der Waals surface area contributed by atoms with Gasteiger partial charge in [0.2, 0.25) is 0 Å². The topological polar surface area (TPSA) is 26.0 Å². The maximum Gasteiger partial charge on any atom is 0.126 e. The fraction of sp³-hybridized carbons (Fsp3) is 0.625. The van der Waals surface area contributed by atoms with E-state index in [-0.39, 0.29) is 11.9 Å². The van der Waals surface area contributed by atoms with Crippen molar-refractivity contribution < 1.29 is 8.78 Å². The molecule has 0 radical (unpaired) electrons. The Kier molecular flexibility index (Phi) is 4.24. The first kappa shape index (κ1) is 14.4. The lowest BCUT2D eigenvalue weighted by molar-refractivity contribution is 0.172. The van der Waals surface area contributed by atoms with Crippen LogP contribution in [0.3, 0.4) is 0 Å². The zero-order chi connectivity index (χ0) is 14.0. The summed E-state index contributed by atoms with van der Waals surface area (Å²) in [5.41, 5.74) is 7.00. The van der Waals surface area contributed by atoms with E-state index in [9.17, 15) is 8.78 Å². The molecule has 1 fully saturated rings. The third-order valence-electron chi connectivity index (χ3n) is 4.45. The molecule has 2 N–H and O–H groups in total. The highest BCUT2D eigenvalue weighted by atomic mass is 19.1. The molecule has 19 heavy (non-hydrogen) atoms. The molecule has 0 heterocycles. The highest BCUT2D eigenvalue weighted by molar-refractivity contribution is 5.20. The first-order valence-corrected chi connectivity index (χ1v) is 7.07. The van der Waals surface area contributed by atoms with Crippen LogP contribution in [0.5, 0.6) is 0 Å². The van der Waals surface area contributed by atoms with Gasteiger partial charge in [0.15, 0.2) is 0 Å². The van der Waals surface area contributed by atoms with Crippen LogP contribution in [0.4, 0.5) is 8.78 Å². The largest absolute Gasteiger partial charge is 0.327 e. The van der Waals surface area contributed by atoms with Gasteiger partial charge in [-0.15, -0.1) is 0 Å². The molecule has 3 heteroatoms. The summed E-state index contributed by atoms with van der Waals surface area (Å²) in [5.74, 6) is -0.322. The Labute approximate surface area is 114 Å². The summed E-state index contributed by atoms with van der Waals surface area (Å²) < 4.78 is 26.7. The molecular weight excluding hydrogens is 244 g/mol. The molecule has 1 unspecified atom stereocenters. The molecule has 1 aliphatic carbocycles. The molecule has 106 valence electrons. The van der Waals surface area contributed by atoms with Crippen LogP contribution in [0.2, 0.25) is 0 Å². The average molecular weight is 267 g/mol. The third-order valence-corrected chi connectivity index (χ3v) is 4.45. The van der Waals surface area contributed by atoms with Gasteiger partial charge in [-0.1, -0.05) is 13.8 Å². The first-order valence-electron chi connectivity index (χ1n) is 7.07. The van der Waals surface area contributed by atoms with Crippen molar-refractivity contribution in [1.82, 2.24) is 0 Å². The van der Waals surface area contributed by atoms with Gasteiger partial charge in [0.05, 0.1) is 0 Å². The highest BCUT2D eigenvalue weighted by Crippen LogP contribution is 2.39. The smallest absolute Gasteiger partial charge is 0.126 e. The molecule has 1 aliphatic rings. The monoisotopic (exact) mass is 267 g/mol. The first-order chi connectivity index (χ1) is 8.87. The number of rotatable bonds is 3. The standard InChI is InChI=1S/C16H23F2N/c1-16(2)7-5-11(6-8-16)15(19)10-12-9-13(17)3-4-14(12)18/h3-4,9,11,15H,5-8,10,19H2,1-2H3. The summed E-state index contributed by atoms with van der Waals surface area (Å²) in [6.45, 7) is 4.56. The summed E-state index contributed by atoms with van der Waals surface area (Å²) in [4.78, 5) is 0. The van der Waals surface area contributed by atoms with Crippen LogP contribution in [-0.4, -0.2) is 6.04 Å². The highest BCUT2D eigenvalue weighted by Gasteiger charge is 2.30. The molecular formula is C16H23F2N. The van der Waals surface area contributed by atoms with Gasteiger partial charge in [0, 0.05) is 6.04 Å². The number of benzene rings is 1. The van der Waals surface area contributed by atoms with Gasteiger partial charge in [-0.25, -0.2) is 8.78 Å². The predicted octanol–water partition coefficient (Wildman–Crippen LogP) is 4.05. The van der Waals surface area contributed by atoms with E-state index in [2.05, 4.69) is 13.8 Å². The van der Waals surface area contributed by atoms with Gasteiger partial charge in [0.25, 0.3) is 0 Å². The Morgan fingerprint density at radius 1 is 1.26 bits per heavy atom. The van der Waals surface area contributed by atoms with Crippen LogP contribution >= 0.6 is 0 Å². The molecule has 0 amide bonds. The summed E-state index contributed by atoms with van der Waals surface area (Å²) in [6, 6.07) is 3.52. The second kappa shape index (κ2) is 5.58. The Balaban J connectivity index is 1.98. The van der Waals surface area contributed by atoms with Crippen LogP contribution < -0.4 is 5.73 Å². The second-order valence-electron chi connectivity index (χ2n) is 6.61. The van der Waals surface area contributed by atoms with E-state index in [0.29, 0.717) is 23.3 Å². The Hall–Kier alpha value is -0.960. The van der Waals surface area contributed by atoms with E-state index in [1.54, 1.807) is 0 Å². The van der Waals surface area contributed by atoms with Crippen LogP contribution in [0.25, 0.3) is 0 Å². The third kappa shape index (κ3) is 3.75. The Bertz CT molecular complexity index is 432. The van der Waals surface area contributed by atoms with E-state index in [1.165, 1.54) is 12.1 Å². The minimum absolute atomic E-state index is 0.0765. The quantitative estimate of drug-likeness (QED) is 0.878. The molecule has 0 saturated heterocycles. The molecule has 1 aromatic rings. The van der Waals surface area contributed by atoms with E-state index >= 15 is 0 Å². The molecule has 0 aliphatic heterocycles. The van der Waals surface area contributed by atoms with Crippen LogP contribution in [0.15, 0.2) is 18.2 Å². The molecule has 0 spiro atoms. The molecule has 1 nitrogen and oxygen atoms in total. The van der Waals surface area contributed by atoms with Gasteiger partial charge >= 0.3 is 0 Å². The average Bonchev–Trinajstić information content (AvgIpc) is 2.33. The summed E-state index contributed by atoms with van der Waals surface area (Å²) in [7, 11) is 0. The van der Waals surface area contributed by atoms with Crippen LogP contribution in [0, 0.1) is 23.0 Å². The van der Waals surface area contributed by atoms with Crippen LogP contribution in [-0.2, 0) is 6.42 Å². The molecule has 1 saturated carbocycles. The van der Waals surface area contributed by atoms with Gasteiger partial charge in [-0.05, 0) is 67.2 Å². The molecule has 0 bridgehead atoms. The van der Waals surface area contributed by atoms with E-state index in [0.717, 1.165) is 31.7 Å². The lowest BCUT2D eigenvalue weighted by atomic mass is 9.70. The number of nitrogens with two attached hydrogens (primary N) is 1. The van der Waals surface area contributed by atoms with Gasteiger partial charge in [-0.2, -0.15) is 0 Å². The zero-order valence-electron chi connectivity index (χ0n) is 11.8. The van der Waals surface area contributed by atoms with Crippen molar-refractivity contribution in [1.29, 1.82) is 0 Å². The Morgan fingerprint density at radius 3 is 2.53 bits per heavy atom. The predicted molar refractivity (Wildman–Crippen MR) is 73.8 cm³/mol. The number of hydrogen-bond donors (Lipinski definition) is 1. The lowest BCUT2D eigenvalue weighted by Gasteiger charge is -2.36. The summed E-state index contributed by atoms with van der Waals surface area (Å²) in [6.07, 6.45) is 4.93. The van der Waals surface area contributed by atoms with Gasteiger partial charge in [-0.3, -0.25) is 0 Å². The van der Waals surface area contributed by atoms with Gasteiger partial charge < -0.3 is 5.73 Å². The molecule has 1 atom stereocenters. The van der Waals surface area contributed by atoms with Gasteiger partial charge in [0.1, 0.15) is 11.6 Å². The van der Waals surface area contributed by atoms with Crippen molar-refractivity contribution in [2.24, 2.45) is 17.1 Å². The molecule has 1 aromatic carbocycles. The fourth-order valence-electron chi connectivity index (χ4n) is 2.97. The fourth-order valence-corrected chi connectivity index (χ4v) is 2.97. The van der Waals surface area contributed by atoms with E-state index < -0.39 is 5.82 Å². The summed E-state index contributed by atoms with van der Waals surface area (Å²) >= 11 is 0. The second-order valence-corrected chi connectivity index (χ2v) is 6.61. The van der Waals surface area contributed by atoms with Crippen molar-refractivity contribution in [3.05, 3.63) is 35.4 Å². The van der Waals surface area contributed by atoms with Crippen molar-refractivity contribution in [3.63, 3.8) is 0 Å². The number of halogens is 2. The Morgan fingerprint density at radius 2 is 1.89 bits per heavy atom. The summed E-state index contributed by atoms with van der Waals surface area (Å²) in [5, 5.41) is 0. The van der Waals surface area contributed by atoms with Crippen molar-refractivity contribution in [2.45, 2.75) is 52.0 Å². The zero-order valence-corrected chi connectivity index (χ0v) is 11.8. The van der Waals surface area contributed by atoms with Crippen molar-refractivity contribution in [2.75, 3.05) is 0 Å². The minimum Gasteiger partial charge on any atom is -0.327 e. The normalized spacial score (nSPS) is 21.3. The van der Waals surface area contributed by atoms with E-state index in [1.807, 2.05) is 0 Å².